The number of likely N-dealkylation sites (tertiary alicyclic amines) is 1. The number of amides is 1. The number of aryl methyl sites for hydroxylation is 1. The van der Waals surface area contributed by atoms with Crippen molar-refractivity contribution < 1.29 is 13.2 Å². The molecule has 0 spiro atoms. The third-order valence-corrected chi connectivity index (χ3v) is 7.40. The number of hydrogen-bond donors (Lipinski definition) is 1. The Labute approximate surface area is 175 Å². The Morgan fingerprint density at radius 1 is 1.10 bits per heavy atom. The first-order valence-electron chi connectivity index (χ1n) is 9.48. The molecule has 1 atom stereocenters. The van der Waals surface area contributed by atoms with Crippen LogP contribution in [0, 0.1) is 6.92 Å². The van der Waals surface area contributed by atoms with E-state index in [1.54, 1.807) is 41.7 Å². The molecule has 0 radical (unpaired) electrons. The molecule has 0 bridgehead atoms. The highest BCUT2D eigenvalue weighted by atomic mass is 32.2. The molecule has 1 amide bonds. The Balaban J connectivity index is 1.59. The first kappa shape index (κ1) is 19.7. The largest absolute Gasteiger partial charge is 0.331 e. The number of nitrogens with zero attached hydrogens (tertiary/aromatic N) is 1. The molecule has 3 aromatic rings. The maximum atomic E-state index is 13.2. The number of nitrogens with one attached hydrogen (secondary N) is 1. The fraction of sp³-hybridized carbons (Fsp3) is 0.227. The van der Waals surface area contributed by atoms with Gasteiger partial charge in [0.05, 0.1) is 10.9 Å². The molecule has 1 saturated heterocycles. The number of thiophene rings is 1. The maximum Gasteiger partial charge on any atom is 0.261 e. The monoisotopic (exact) mass is 426 g/mol. The van der Waals surface area contributed by atoms with Crippen molar-refractivity contribution in [2.75, 3.05) is 11.3 Å². The van der Waals surface area contributed by atoms with Crippen LogP contribution in [-0.4, -0.2) is 25.8 Å². The molecule has 2 heterocycles. The van der Waals surface area contributed by atoms with Gasteiger partial charge in [0.15, 0.2) is 0 Å². The smallest absolute Gasteiger partial charge is 0.261 e. The van der Waals surface area contributed by atoms with Crippen LogP contribution in [-0.2, 0) is 10.0 Å². The molecule has 0 aliphatic carbocycles. The number of carbonyl (C=O) groups is 1. The minimum atomic E-state index is -3.79. The zero-order valence-corrected chi connectivity index (χ0v) is 17.7. The molecule has 1 aromatic heterocycles. The number of rotatable bonds is 5. The summed E-state index contributed by atoms with van der Waals surface area (Å²) in [5.41, 5.74) is 1.85. The lowest BCUT2D eigenvalue weighted by atomic mass is 10.1. The van der Waals surface area contributed by atoms with Crippen LogP contribution in [0.3, 0.4) is 0 Å². The molecule has 7 heteroatoms. The Kier molecular flexibility index (Phi) is 5.43. The summed E-state index contributed by atoms with van der Waals surface area (Å²) in [6.07, 6.45) is 1.88. The van der Waals surface area contributed by atoms with E-state index < -0.39 is 10.0 Å². The normalized spacial score (nSPS) is 16.7. The summed E-state index contributed by atoms with van der Waals surface area (Å²) in [5, 5.41) is 2.01. The number of anilines is 1. The molecule has 2 aromatic carbocycles. The molecule has 1 unspecified atom stereocenters. The third-order valence-electron chi connectivity index (χ3n) is 5.05. The van der Waals surface area contributed by atoms with Gasteiger partial charge in [0.1, 0.15) is 0 Å². The van der Waals surface area contributed by atoms with Crippen LogP contribution in [0.1, 0.15) is 39.7 Å². The minimum absolute atomic E-state index is 0.0631. The van der Waals surface area contributed by atoms with Crippen molar-refractivity contribution in [2.24, 2.45) is 0 Å². The molecule has 5 nitrogen and oxygen atoms in total. The summed E-state index contributed by atoms with van der Waals surface area (Å²) < 4.78 is 28.2. The van der Waals surface area contributed by atoms with E-state index in [1.807, 2.05) is 35.4 Å². The Morgan fingerprint density at radius 3 is 2.69 bits per heavy atom. The molecule has 4 rings (SSSR count). The van der Waals surface area contributed by atoms with E-state index >= 15 is 0 Å². The van der Waals surface area contributed by atoms with Crippen molar-refractivity contribution in [3.63, 3.8) is 0 Å². The van der Waals surface area contributed by atoms with Crippen LogP contribution < -0.4 is 4.72 Å². The lowest BCUT2D eigenvalue weighted by Crippen LogP contribution is -2.30. The van der Waals surface area contributed by atoms with Crippen molar-refractivity contribution in [2.45, 2.75) is 30.7 Å². The second kappa shape index (κ2) is 8.00. The van der Waals surface area contributed by atoms with Gasteiger partial charge in [-0.1, -0.05) is 24.3 Å². The second-order valence-corrected chi connectivity index (χ2v) is 9.84. The van der Waals surface area contributed by atoms with Gasteiger partial charge in [0, 0.05) is 22.7 Å². The zero-order valence-electron chi connectivity index (χ0n) is 16.0. The molecule has 1 N–H and O–H groups in total. The van der Waals surface area contributed by atoms with Gasteiger partial charge in [-0.3, -0.25) is 9.52 Å². The molecule has 1 aliphatic rings. The van der Waals surface area contributed by atoms with Gasteiger partial charge < -0.3 is 4.90 Å². The van der Waals surface area contributed by atoms with E-state index in [9.17, 15) is 13.2 Å². The Hall–Kier alpha value is -2.64. The molecule has 1 aliphatic heterocycles. The van der Waals surface area contributed by atoms with E-state index in [0.717, 1.165) is 18.4 Å². The fourth-order valence-corrected chi connectivity index (χ4v) is 5.64. The van der Waals surface area contributed by atoms with Crippen LogP contribution in [0.25, 0.3) is 0 Å². The predicted molar refractivity (Wildman–Crippen MR) is 116 cm³/mol. The summed E-state index contributed by atoms with van der Waals surface area (Å²) in [4.78, 5) is 16.3. The summed E-state index contributed by atoms with van der Waals surface area (Å²) >= 11 is 1.65. The van der Waals surface area contributed by atoms with E-state index in [4.69, 9.17) is 0 Å². The molecule has 150 valence electrons. The lowest BCUT2D eigenvalue weighted by molar-refractivity contribution is 0.0737. The van der Waals surface area contributed by atoms with Gasteiger partial charge in [0.2, 0.25) is 0 Å². The second-order valence-electron chi connectivity index (χ2n) is 7.17. The van der Waals surface area contributed by atoms with Gasteiger partial charge in [-0.15, -0.1) is 11.3 Å². The van der Waals surface area contributed by atoms with Gasteiger partial charge in [-0.2, -0.15) is 0 Å². The third kappa shape index (κ3) is 4.21. The van der Waals surface area contributed by atoms with E-state index in [1.165, 1.54) is 17.0 Å². The Morgan fingerprint density at radius 2 is 1.93 bits per heavy atom. The van der Waals surface area contributed by atoms with Gasteiger partial charge >= 0.3 is 0 Å². The average molecular weight is 427 g/mol. The number of sulfonamides is 1. The van der Waals surface area contributed by atoms with E-state index in [0.29, 0.717) is 17.8 Å². The topological polar surface area (TPSA) is 66.5 Å². The molecular formula is C22H22N2O3S2. The van der Waals surface area contributed by atoms with Crippen molar-refractivity contribution in [3.05, 3.63) is 82.0 Å². The average Bonchev–Trinajstić information content (AvgIpc) is 3.38. The summed E-state index contributed by atoms with van der Waals surface area (Å²) in [5.74, 6) is -0.131. The van der Waals surface area contributed by atoms with Gasteiger partial charge in [-0.25, -0.2) is 8.42 Å². The highest BCUT2D eigenvalue weighted by molar-refractivity contribution is 7.92. The van der Waals surface area contributed by atoms with Crippen LogP contribution >= 0.6 is 11.3 Å². The quantitative estimate of drug-likeness (QED) is 0.635. The van der Waals surface area contributed by atoms with Crippen LogP contribution in [0.15, 0.2) is 70.9 Å². The lowest BCUT2D eigenvalue weighted by Gasteiger charge is -2.24. The summed E-state index contributed by atoms with van der Waals surface area (Å²) in [6.45, 7) is 2.58. The number of carbonyl (C=O) groups excluding carboxylic acids is 1. The standard InChI is InChI=1S/C22H22N2O3S2/c1-16-6-2-8-18(14-16)23-29(26,27)19-9-3-7-17(15-19)22(25)24-12-4-10-20(24)21-11-5-13-28-21/h2-3,5-9,11,13-15,20,23H,4,10,12H2,1H3. The van der Waals surface area contributed by atoms with Crippen LogP contribution in [0.5, 0.6) is 0 Å². The number of benzene rings is 2. The van der Waals surface area contributed by atoms with Crippen molar-refractivity contribution in [1.82, 2.24) is 4.90 Å². The maximum absolute atomic E-state index is 13.2. The zero-order chi connectivity index (χ0) is 20.4. The SMILES string of the molecule is Cc1cccc(NS(=O)(=O)c2cccc(C(=O)N3CCCC3c3cccs3)c2)c1. The first-order chi connectivity index (χ1) is 13.9. The summed E-state index contributed by atoms with van der Waals surface area (Å²) in [7, 11) is -3.79. The molecule has 0 saturated carbocycles. The predicted octanol–water partition coefficient (Wildman–Crippen LogP) is 4.83. The molecule has 29 heavy (non-hydrogen) atoms. The first-order valence-corrected chi connectivity index (χ1v) is 11.8. The fourth-order valence-electron chi connectivity index (χ4n) is 3.67. The van der Waals surface area contributed by atoms with Gasteiger partial charge in [0.25, 0.3) is 15.9 Å². The Bertz CT molecular complexity index is 1120. The van der Waals surface area contributed by atoms with Crippen molar-refractivity contribution >= 4 is 33.0 Å². The molecular weight excluding hydrogens is 404 g/mol. The van der Waals surface area contributed by atoms with Crippen molar-refractivity contribution in [3.8, 4) is 0 Å². The number of hydrogen-bond acceptors (Lipinski definition) is 4. The molecule has 1 fully saturated rings. The van der Waals surface area contributed by atoms with Crippen LogP contribution in [0.4, 0.5) is 5.69 Å². The van der Waals surface area contributed by atoms with Crippen molar-refractivity contribution in [1.29, 1.82) is 0 Å². The van der Waals surface area contributed by atoms with E-state index in [2.05, 4.69) is 4.72 Å². The van der Waals surface area contributed by atoms with Gasteiger partial charge in [-0.05, 0) is 67.1 Å². The van der Waals surface area contributed by atoms with Crippen LogP contribution in [0.2, 0.25) is 0 Å². The van der Waals surface area contributed by atoms with E-state index in [-0.39, 0.29) is 16.8 Å². The highest BCUT2D eigenvalue weighted by Gasteiger charge is 2.31. The summed E-state index contributed by atoms with van der Waals surface area (Å²) in [6, 6.07) is 17.5. The minimum Gasteiger partial charge on any atom is -0.331 e. The highest BCUT2D eigenvalue weighted by Crippen LogP contribution is 2.35.